The first-order chi connectivity index (χ1) is 12.8. The minimum atomic E-state index is -4.03. The minimum absolute atomic E-state index is 0. The van der Waals surface area contributed by atoms with E-state index in [9.17, 15) is 23.3 Å². The van der Waals surface area contributed by atoms with E-state index in [0.29, 0.717) is 12.5 Å². The van der Waals surface area contributed by atoms with Crippen LogP contribution in [0.1, 0.15) is 25.7 Å². The Morgan fingerprint density at radius 3 is 2.71 bits per heavy atom. The molecule has 0 bridgehead atoms. The third-order valence-corrected chi connectivity index (χ3v) is 5.35. The zero-order chi connectivity index (χ0) is 19.9. The lowest BCUT2D eigenvalue weighted by atomic mass is 9.96. The van der Waals surface area contributed by atoms with Crippen molar-refractivity contribution in [1.82, 2.24) is 10.6 Å². The van der Waals surface area contributed by atoms with Crippen molar-refractivity contribution in [2.24, 2.45) is 11.1 Å². The third-order valence-electron chi connectivity index (χ3n) is 4.44. The van der Waals surface area contributed by atoms with E-state index >= 15 is 0 Å². The van der Waals surface area contributed by atoms with Gasteiger partial charge in [-0.1, -0.05) is 0 Å². The van der Waals surface area contributed by atoms with Gasteiger partial charge in [-0.3, -0.25) is 14.9 Å². The number of nitrogens with zero attached hydrogens (tertiary/aromatic N) is 1. The maximum Gasteiger partial charge on any atom is 0.293 e. The fraction of sp³-hybridized carbons (Fsp3) is 0.562. The van der Waals surface area contributed by atoms with Gasteiger partial charge in [0.15, 0.2) is 0 Å². The summed E-state index contributed by atoms with van der Waals surface area (Å²) >= 11 is 0. The molecule has 1 amide bonds. The highest BCUT2D eigenvalue weighted by molar-refractivity contribution is 7.89. The summed E-state index contributed by atoms with van der Waals surface area (Å²) in [7, 11) is -4.03. The molecule has 0 aromatic heterocycles. The van der Waals surface area contributed by atoms with Crippen LogP contribution in [0.25, 0.3) is 0 Å². The Bertz CT molecular complexity index is 784. The Labute approximate surface area is 170 Å². The lowest BCUT2D eigenvalue weighted by Crippen LogP contribution is -2.33. The predicted octanol–water partition coefficient (Wildman–Crippen LogP) is 0.972. The summed E-state index contributed by atoms with van der Waals surface area (Å²) in [6.07, 6.45) is 3.40. The van der Waals surface area contributed by atoms with Crippen LogP contribution in [0.15, 0.2) is 23.1 Å². The Morgan fingerprint density at radius 2 is 2.11 bits per heavy atom. The lowest BCUT2D eigenvalue weighted by molar-refractivity contribution is -0.384. The summed E-state index contributed by atoms with van der Waals surface area (Å²) in [6, 6.07) is 3.35. The van der Waals surface area contributed by atoms with Crippen LogP contribution in [0.4, 0.5) is 11.4 Å². The number of amides is 1. The molecule has 2 rings (SSSR count). The van der Waals surface area contributed by atoms with Crippen molar-refractivity contribution in [3.63, 3.8) is 0 Å². The number of carbonyl (C=O) groups is 1. The Morgan fingerprint density at radius 1 is 1.36 bits per heavy atom. The smallest absolute Gasteiger partial charge is 0.293 e. The topological polar surface area (TPSA) is 156 Å². The summed E-state index contributed by atoms with van der Waals surface area (Å²) in [5, 5.41) is 25.1. The van der Waals surface area contributed by atoms with E-state index in [0.717, 1.165) is 32.0 Å². The number of halogens is 1. The SMILES string of the molecule is Cl.NS(=O)(=O)c1ccc(NCCC(=O)NCCC2CCCNC2)c([N+](=O)[O-])c1. The first-order valence-electron chi connectivity index (χ1n) is 8.80. The second kappa shape index (κ2) is 11.1. The van der Waals surface area contributed by atoms with Crippen LogP contribution in [0, 0.1) is 16.0 Å². The van der Waals surface area contributed by atoms with E-state index < -0.39 is 20.6 Å². The Balaban J connectivity index is 0.00000392. The third kappa shape index (κ3) is 7.58. The van der Waals surface area contributed by atoms with Gasteiger partial charge < -0.3 is 16.0 Å². The van der Waals surface area contributed by atoms with E-state index in [-0.39, 0.29) is 41.9 Å². The lowest BCUT2D eigenvalue weighted by Gasteiger charge is -2.22. The molecule has 1 saturated heterocycles. The first-order valence-corrected chi connectivity index (χ1v) is 10.3. The number of anilines is 1. The average molecular weight is 436 g/mol. The van der Waals surface area contributed by atoms with Crippen molar-refractivity contribution >= 4 is 39.7 Å². The highest BCUT2D eigenvalue weighted by Crippen LogP contribution is 2.27. The van der Waals surface area contributed by atoms with Crippen molar-refractivity contribution in [2.75, 3.05) is 31.5 Å². The van der Waals surface area contributed by atoms with Crippen molar-refractivity contribution in [3.05, 3.63) is 28.3 Å². The number of carbonyl (C=O) groups excluding carboxylic acids is 1. The molecule has 1 heterocycles. The molecule has 1 fully saturated rings. The van der Waals surface area contributed by atoms with E-state index in [1.165, 1.54) is 18.6 Å². The number of benzene rings is 1. The molecule has 1 aromatic carbocycles. The standard InChI is InChI=1S/C16H25N5O5S.ClH/c17-27(25,26)13-3-4-14(15(10-13)21(23)24)19-9-6-16(22)20-8-5-12-2-1-7-18-11-12;/h3-4,10,12,18-19H,1-2,5-9,11H2,(H,20,22)(H2,17,25,26);1H. The first kappa shape index (κ1) is 24.1. The van der Waals surface area contributed by atoms with Gasteiger partial charge in [-0.05, 0) is 50.4 Å². The fourth-order valence-corrected chi connectivity index (χ4v) is 3.51. The van der Waals surface area contributed by atoms with Crippen LogP contribution < -0.4 is 21.1 Å². The highest BCUT2D eigenvalue weighted by atomic mass is 35.5. The molecule has 1 atom stereocenters. The van der Waals surface area contributed by atoms with Crippen molar-refractivity contribution in [2.45, 2.75) is 30.6 Å². The number of nitro benzene ring substituents is 1. The molecule has 12 heteroatoms. The molecule has 0 spiro atoms. The fourth-order valence-electron chi connectivity index (χ4n) is 2.97. The summed E-state index contributed by atoms with van der Waals surface area (Å²) < 4.78 is 22.6. The van der Waals surface area contributed by atoms with Crippen LogP contribution in [-0.2, 0) is 14.8 Å². The van der Waals surface area contributed by atoms with Gasteiger partial charge in [0.1, 0.15) is 5.69 Å². The maximum absolute atomic E-state index is 11.9. The molecule has 10 nitrogen and oxygen atoms in total. The van der Waals surface area contributed by atoms with Gasteiger partial charge >= 0.3 is 0 Å². The molecular formula is C16H26ClN5O5S. The Kier molecular flexibility index (Phi) is 9.59. The number of hydrogen-bond donors (Lipinski definition) is 4. The molecule has 5 N–H and O–H groups in total. The molecule has 0 aliphatic carbocycles. The number of nitro groups is 1. The summed E-state index contributed by atoms with van der Waals surface area (Å²) in [6.45, 7) is 2.83. The molecule has 1 unspecified atom stereocenters. The van der Waals surface area contributed by atoms with Gasteiger partial charge in [-0.2, -0.15) is 0 Å². The van der Waals surface area contributed by atoms with E-state index in [1.807, 2.05) is 0 Å². The summed E-state index contributed by atoms with van der Waals surface area (Å²) in [4.78, 5) is 22.0. The molecule has 0 radical (unpaired) electrons. The number of primary sulfonamides is 1. The normalized spacial score (nSPS) is 16.7. The van der Waals surface area contributed by atoms with E-state index in [4.69, 9.17) is 5.14 Å². The van der Waals surface area contributed by atoms with Crippen LogP contribution in [-0.4, -0.2) is 45.4 Å². The predicted molar refractivity (Wildman–Crippen MR) is 108 cm³/mol. The zero-order valence-corrected chi connectivity index (χ0v) is 17.0. The minimum Gasteiger partial charge on any atom is -0.379 e. The molecule has 0 saturated carbocycles. The van der Waals surface area contributed by atoms with Gasteiger partial charge in [0, 0.05) is 25.6 Å². The number of piperidine rings is 1. The molecule has 1 aliphatic heterocycles. The van der Waals surface area contributed by atoms with Crippen molar-refractivity contribution < 1.29 is 18.1 Å². The van der Waals surface area contributed by atoms with Crippen LogP contribution in [0.2, 0.25) is 0 Å². The van der Waals surface area contributed by atoms with E-state index in [1.54, 1.807) is 0 Å². The summed E-state index contributed by atoms with van der Waals surface area (Å²) in [5.74, 6) is 0.437. The highest BCUT2D eigenvalue weighted by Gasteiger charge is 2.19. The van der Waals surface area contributed by atoms with Gasteiger partial charge in [0.25, 0.3) is 5.69 Å². The molecule has 28 heavy (non-hydrogen) atoms. The number of nitrogens with two attached hydrogens (primary N) is 1. The monoisotopic (exact) mass is 435 g/mol. The van der Waals surface area contributed by atoms with Crippen LogP contribution >= 0.6 is 12.4 Å². The van der Waals surface area contributed by atoms with Crippen LogP contribution in [0.5, 0.6) is 0 Å². The number of rotatable bonds is 9. The van der Waals surface area contributed by atoms with Crippen molar-refractivity contribution in [1.29, 1.82) is 0 Å². The molecule has 1 aromatic rings. The number of hydrogen-bond acceptors (Lipinski definition) is 7. The summed E-state index contributed by atoms with van der Waals surface area (Å²) in [5.41, 5.74) is -0.278. The van der Waals surface area contributed by atoms with Gasteiger partial charge in [0.2, 0.25) is 15.9 Å². The molecule has 158 valence electrons. The average Bonchev–Trinajstić information content (AvgIpc) is 2.61. The zero-order valence-electron chi connectivity index (χ0n) is 15.3. The number of sulfonamides is 1. The van der Waals surface area contributed by atoms with Gasteiger partial charge in [-0.15, -0.1) is 12.4 Å². The maximum atomic E-state index is 11.9. The number of nitrogens with one attached hydrogen (secondary N) is 3. The largest absolute Gasteiger partial charge is 0.379 e. The van der Waals surface area contributed by atoms with Gasteiger partial charge in [0.05, 0.1) is 9.82 Å². The van der Waals surface area contributed by atoms with Gasteiger partial charge in [-0.25, -0.2) is 13.6 Å². The second-order valence-corrected chi connectivity index (χ2v) is 8.07. The molecule has 1 aliphatic rings. The van der Waals surface area contributed by atoms with Crippen molar-refractivity contribution in [3.8, 4) is 0 Å². The molecular weight excluding hydrogens is 410 g/mol. The van der Waals surface area contributed by atoms with Crippen LogP contribution in [0.3, 0.4) is 0 Å². The Hall–Kier alpha value is -1.95. The second-order valence-electron chi connectivity index (χ2n) is 6.51. The quantitative estimate of drug-likeness (QED) is 0.332. The van der Waals surface area contributed by atoms with E-state index in [2.05, 4.69) is 16.0 Å².